The smallest absolute Gasteiger partial charge is 0.0594 e. The molecule has 0 radical (unpaired) electrons. The fraction of sp³-hybridized carbons (Fsp3) is 1.00. The molecule has 2 N–H and O–H groups in total. The van der Waals surface area contributed by atoms with Gasteiger partial charge in [-0.15, -0.1) is 0 Å². The summed E-state index contributed by atoms with van der Waals surface area (Å²) in [4.78, 5) is 5.10. The largest absolute Gasteiger partial charge is 0.379 e. The second kappa shape index (κ2) is 5.96. The summed E-state index contributed by atoms with van der Waals surface area (Å²) in [5.74, 6) is 0.722. The molecule has 0 aromatic rings. The Morgan fingerprint density at radius 2 is 2.00 bits per heavy atom. The lowest BCUT2D eigenvalue weighted by Gasteiger charge is -2.29. The van der Waals surface area contributed by atoms with Crippen molar-refractivity contribution < 1.29 is 4.74 Å². The normalized spacial score (nSPS) is 33.4. The van der Waals surface area contributed by atoms with Crippen LogP contribution in [-0.4, -0.2) is 68.3 Å². The van der Waals surface area contributed by atoms with Gasteiger partial charge in [0.2, 0.25) is 0 Å². The molecule has 0 spiro atoms. The van der Waals surface area contributed by atoms with E-state index < -0.39 is 0 Å². The van der Waals surface area contributed by atoms with E-state index in [2.05, 4.69) is 16.7 Å². The van der Waals surface area contributed by atoms with Gasteiger partial charge in [0, 0.05) is 38.8 Å². The van der Waals surface area contributed by atoms with Gasteiger partial charge in [-0.3, -0.25) is 9.80 Å². The predicted octanol–water partition coefficient (Wildman–Crippen LogP) is -0.0123. The monoisotopic (exact) mass is 227 g/mol. The number of ether oxygens (including phenoxy) is 1. The maximum atomic E-state index is 5.74. The summed E-state index contributed by atoms with van der Waals surface area (Å²) in [6.07, 6.45) is 1.28. The molecule has 2 fully saturated rings. The molecule has 2 unspecified atom stereocenters. The first kappa shape index (κ1) is 12.3. The second-order valence-electron chi connectivity index (χ2n) is 5.14. The Labute approximate surface area is 98.7 Å². The Balaban J connectivity index is 1.69. The van der Waals surface area contributed by atoms with Crippen molar-refractivity contribution in [1.29, 1.82) is 0 Å². The number of likely N-dealkylation sites (tertiary alicyclic amines) is 1. The van der Waals surface area contributed by atoms with Crippen molar-refractivity contribution >= 4 is 0 Å². The van der Waals surface area contributed by atoms with Crippen LogP contribution in [0.15, 0.2) is 0 Å². The fourth-order valence-corrected chi connectivity index (χ4v) is 2.79. The van der Waals surface area contributed by atoms with Crippen LogP contribution in [0.5, 0.6) is 0 Å². The summed E-state index contributed by atoms with van der Waals surface area (Å²) in [5, 5.41) is 0. The second-order valence-corrected chi connectivity index (χ2v) is 5.14. The molecule has 4 heteroatoms. The van der Waals surface area contributed by atoms with E-state index >= 15 is 0 Å². The van der Waals surface area contributed by atoms with E-state index in [9.17, 15) is 0 Å². The molecule has 0 saturated carbocycles. The van der Waals surface area contributed by atoms with Crippen LogP contribution in [0.1, 0.15) is 13.3 Å². The average Bonchev–Trinajstić information content (AvgIpc) is 2.69. The SMILES string of the molecule is CC1CC(CN)CN1CCN1CCOCC1. The van der Waals surface area contributed by atoms with Gasteiger partial charge in [-0.2, -0.15) is 0 Å². The Hall–Kier alpha value is -0.160. The number of nitrogens with zero attached hydrogens (tertiary/aromatic N) is 2. The predicted molar refractivity (Wildman–Crippen MR) is 65.5 cm³/mol. The highest BCUT2D eigenvalue weighted by Crippen LogP contribution is 2.21. The first-order chi connectivity index (χ1) is 7.79. The molecular formula is C12H25N3O. The third-order valence-corrected chi connectivity index (χ3v) is 3.93. The maximum absolute atomic E-state index is 5.74. The van der Waals surface area contributed by atoms with Crippen molar-refractivity contribution in [2.24, 2.45) is 11.7 Å². The van der Waals surface area contributed by atoms with E-state index in [1.807, 2.05) is 0 Å². The quantitative estimate of drug-likeness (QED) is 0.733. The molecule has 16 heavy (non-hydrogen) atoms. The third-order valence-electron chi connectivity index (χ3n) is 3.93. The number of nitrogens with two attached hydrogens (primary N) is 1. The third kappa shape index (κ3) is 3.17. The fourth-order valence-electron chi connectivity index (χ4n) is 2.79. The van der Waals surface area contributed by atoms with E-state index in [1.165, 1.54) is 26.1 Å². The van der Waals surface area contributed by atoms with Crippen molar-refractivity contribution in [3.05, 3.63) is 0 Å². The molecule has 2 heterocycles. The Morgan fingerprint density at radius 3 is 2.62 bits per heavy atom. The first-order valence-electron chi connectivity index (χ1n) is 6.54. The van der Waals surface area contributed by atoms with Gasteiger partial charge in [0.15, 0.2) is 0 Å². The molecular weight excluding hydrogens is 202 g/mol. The Morgan fingerprint density at radius 1 is 1.25 bits per heavy atom. The van der Waals surface area contributed by atoms with E-state index in [-0.39, 0.29) is 0 Å². The zero-order valence-electron chi connectivity index (χ0n) is 10.4. The molecule has 0 amide bonds. The summed E-state index contributed by atoms with van der Waals surface area (Å²) in [7, 11) is 0. The minimum atomic E-state index is 0.717. The topological polar surface area (TPSA) is 41.7 Å². The van der Waals surface area contributed by atoms with Crippen molar-refractivity contribution in [2.45, 2.75) is 19.4 Å². The molecule has 2 saturated heterocycles. The minimum Gasteiger partial charge on any atom is -0.379 e. The highest BCUT2D eigenvalue weighted by atomic mass is 16.5. The summed E-state index contributed by atoms with van der Waals surface area (Å²) < 4.78 is 5.36. The lowest BCUT2D eigenvalue weighted by atomic mass is 10.1. The van der Waals surface area contributed by atoms with Crippen LogP contribution < -0.4 is 5.73 Å². The van der Waals surface area contributed by atoms with Crippen LogP contribution in [0.3, 0.4) is 0 Å². The molecule has 0 aliphatic carbocycles. The molecule has 0 aromatic carbocycles. The standard InChI is InChI=1S/C12H25N3O/c1-11-8-12(9-13)10-15(11)3-2-14-4-6-16-7-5-14/h11-12H,2-10,13H2,1H3. The van der Waals surface area contributed by atoms with E-state index in [1.54, 1.807) is 0 Å². The summed E-state index contributed by atoms with van der Waals surface area (Å²) >= 11 is 0. The molecule has 0 bridgehead atoms. The highest BCUT2D eigenvalue weighted by molar-refractivity contribution is 4.83. The molecule has 2 aliphatic rings. The molecule has 2 atom stereocenters. The van der Waals surface area contributed by atoms with Gasteiger partial charge in [-0.05, 0) is 25.8 Å². The molecule has 2 aliphatic heterocycles. The first-order valence-corrected chi connectivity index (χ1v) is 6.54. The van der Waals surface area contributed by atoms with Crippen molar-refractivity contribution in [1.82, 2.24) is 9.80 Å². The van der Waals surface area contributed by atoms with Crippen LogP contribution in [0.4, 0.5) is 0 Å². The van der Waals surface area contributed by atoms with Gasteiger partial charge in [-0.25, -0.2) is 0 Å². The van der Waals surface area contributed by atoms with Gasteiger partial charge in [0.05, 0.1) is 13.2 Å². The van der Waals surface area contributed by atoms with Crippen molar-refractivity contribution in [3.8, 4) is 0 Å². The van der Waals surface area contributed by atoms with E-state index in [0.29, 0.717) is 0 Å². The maximum Gasteiger partial charge on any atom is 0.0594 e. The molecule has 2 rings (SSSR count). The van der Waals surface area contributed by atoms with E-state index in [0.717, 1.165) is 44.8 Å². The van der Waals surface area contributed by atoms with Gasteiger partial charge in [-0.1, -0.05) is 0 Å². The minimum absolute atomic E-state index is 0.717. The molecule has 4 nitrogen and oxygen atoms in total. The van der Waals surface area contributed by atoms with Gasteiger partial charge < -0.3 is 10.5 Å². The van der Waals surface area contributed by atoms with Gasteiger partial charge in [0.25, 0.3) is 0 Å². The van der Waals surface area contributed by atoms with Crippen molar-refractivity contribution in [2.75, 3.05) is 52.5 Å². The highest BCUT2D eigenvalue weighted by Gasteiger charge is 2.27. The zero-order chi connectivity index (χ0) is 11.4. The molecule has 94 valence electrons. The van der Waals surface area contributed by atoms with Crippen LogP contribution in [0.25, 0.3) is 0 Å². The van der Waals surface area contributed by atoms with Crippen molar-refractivity contribution in [3.63, 3.8) is 0 Å². The lowest BCUT2D eigenvalue weighted by Crippen LogP contribution is -2.42. The number of hydrogen-bond acceptors (Lipinski definition) is 4. The van der Waals surface area contributed by atoms with Crippen LogP contribution in [0.2, 0.25) is 0 Å². The number of rotatable bonds is 4. The van der Waals surface area contributed by atoms with Gasteiger partial charge in [0.1, 0.15) is 0 Å². The van der Waals surface area contributed by atoms with Crippen LogP contribution in [0, 0.1) is 5.92 Å². The Kier molecular flexibility index (Phi) is 4.58. The summed E-state index contributed by atoms with van der Waals surface area (Å²) in [6, 6.07) is 0.717. The lowest BCUT2D eigenvalue weighted by molar-refractivity contribution is 0.0329. The van der Waals surface area contributed by atoms with Crippen LogP contribution >= 0.6 is 0 Å². The number of hydrogen-bond donors (Lipinski definition) is 1. The summed E-state index contributed by atoms with van der Waals surface area (Å²) in [5.41, 5.74) is 5.74. The van der Waals surface area contributed by atoms with Gasteiger partial charge >= 0.3 is 0 Å². The zero-order valence-corrected chi connectivity index (χ0v) is 10.4. The Bertz CT molecular complexity index is 206. The average molecular weight is 227 g/mol. The molecule has 0 aromatic heterocycles. The summed E-state index contributed by atoms with van der Waals surface area (Å²) in [6.45, 7) is 10.8. The number of morpholine rings is 1. The van der Waals surface area contributed by atoms with Crippen LogP contribution in [-0.2, 0) is 4.74 Å². The van der Waals surface area contributed by atoms with E-state index in [4.69, 9.17) is 10.5 Å².